The molecule has 13 heavy (non-hydrogen) atoms. The minimum Gasteiger partial charge on any atom is -1.00 e. The molecule has 7 nitrogen and oxygen atoms in total. The van der Waals surface area contributed by atoms with Gasteiger partial charge in [-0.1, -0.05) is 0 Å². The molecule has 0 aliphatic rings. The van der Waals surface area contributed by atoms with Crippen LogP contribution in [-0.4, -0.2) is 34.3 Å². The number of rotatable bonds is 0. The summed E-state index contributed by atoms with van der Waals surface area (Å²) in [4.78, 5) is 23.4. The Morgan fingerprint density at radius 3 is 1.31 bits per heavy atom. The molecule has 0 unspecified atom stereocenters. The number of carbonyl (C=O) groups excluding carboxylic acids is 2. The van der Waals surface area contributed by atoms with E-state index in [0.717, 1.165) is 0 Å². The fraction of sp³-hybridized carbons (Fsp3) is 0. The van der Waals surface area contributed by atoms with Gasteiger partial charge >= 0.3 is 70.6 Å². The smallest absolute Gasteiger partial charge is 1.00 e. The Morgan fingerprint density at radius 2 is 1.23 bits per heavy atom. The summed E-state index contributed by atoms with van der Waals surface area (Å²) >= 11 is 0. The predicted octanol–water partition coefficient (Wildman–Crippen LogP) is -5.09. The van der Waals surface area contributed by atoms with Gasteiger partial charge in [-0.3, -0.25) is 0 Å². The van der Waals surface area contributed by atoms with Gasteiger partial charge in [-0.2, -0.15) is 0 Å². The van der Waals surface area contributed by atoms with Crippen LogP contribution < -0.4 is 51.4 Å². The first-order chi connectivity index (χ1) is 5.45. The van der Waals surface area contributed by atoms with Gasteiger partial charge in [-0.25, -0.2) is 19.5 Å². The minimum absolute atomic E-state index is 0. The molecule has 0 bridgehead atoms. The molecule has 11 heteroatoms. The van der Waals surface area contributed by atoms with Gasteiger partial charge in [-0.05, 0) is 0 Å². The normalized spacial score (nSPS) is 6.85. The molecule has 0 aromatic heterocycles. The second kappa shape index (κ2) is 12.4. The Balaban J connectivity index is -0.0000000733. The standard InChI is InChI=1S/C2F2O4.BH3O3.K.H/c3-7-1(5)2(6)8-4;2-1(3)4;;/h;2-4H;;/q;;+1;-1. The van der Waals surface area contributed by atoms with Crippen molar-refractivity contribution in [2.45, 2.75) is 0 Å². The van der Waals surface area contributed by atoms with E-state index in [-0.39, 0.29) is 52.8 Å². The van der Waals surface area contributed by atoms with E-state index in [1.165, 1.54) is 0 Å². The van der Waals surface area contributed by atoms with Crippen LogP contribution in [0.2, 0.25) is 0 Å². The van der Waals surface area contributed by atoms with Crippen LogP contribution in [0.25, 0.3) is 0 Å². The molecule has 0 saturated heterocycles. The van der Waals surface area contributed by atoms with Crippen LogP contribution in [0, 0.1) is 0 Å². The average Bonchev–Trinajstić information content (AvgIpc) is 2.00. The summed E-state index contributed by atoms with van der Waals surface area (Å²) in [5, 5.41) is 21.5. The molecular weight excluding hydrogens is 224 g/mol. The van der Waals surface area contributed by atoms with Crippen molar-refractivity contribution < 1.29 is 96.4 Å². The van der Waals surface area contributed by atoms with E-state index in [4.69, 9.17) is 15.1 Å². The Labute approximate surface area is 115 Å². The number of halogens is 2. The first-order valence-corrected chi connectivity index (χ1v) is 2.15. The molecule has 0 aliphatic carbocycles. The van der Waals surface area contributed by atoms with Gasteiger partial charge in [0.1, 0.15) is 0 Å². The molecule has 0 radical (unpaired) electrons. The topological polar surface area (TPSA) is 113 Å². The monoisotopic (exact) mass is 228 g/mol. The van der Waals surface area contributed by atoms with Crippen LogP contribution in [0.1, 0.15) is 1.43 Å². The zero-order valence-electron chi connectivity index (χ0n) is 7.31. The maximum absolute atomic E-state index is 10.5. The van der Waals surface area contributed by atoms with Crippen LogP contribution in [0.15, 0.2) is 0 Å². The van der Waals surface area contributed by atoms with Crippen molar-refractivity contribution in [2.24, 2.45) is 0 Å². The molecule has 0 rings (SSSR count). The van der Waals surface area contributed by atoms with Gasteiger partial charge in [0.05, 0.1) is 0 Å². The van der Waals surface area contributed by atoms with Gasteiger partial charge in [0.15, 0.2) is 0 Å². The quantitative estimate of drug-likeness (QED) is 0.280. The number of carbonyl (C=O) groups is 2. The molecular formula is C2H4BF2KO7. The summed E-state index contributed by atoms with van der Waals surface area (Å²) in [5.41, 5.74) is 0. The molecule has 0 fully saturated rings. The fourth-order valence-electron chi connectivity index (χ4n) is 0.0630. The third-order valence-corrected chi connectivity index (χ3v) is 0.307. The van der Waals surface area contributed by atoms with E-state index in [9.17, 15) is 18.6 Å². The van der Waals surface area contributed by atoms with E-state index >= 15 is 0 Å². The summed E-state index contributed by atoms with van der Waals surface area (Å²) in [6.07, 6.45) is 0. The minimum atomic E-state index is -2.17. The summed E-state index contributed by atoms with van der Waals surface area (Å²) in [5.74, 6) is -4.04. The zero-order valence-corrected chi connectivity index (χ0v) is 9.43. The van der Waals surface area contributed by atoms with Gasteiger partial charge in [0, 0.05) is 9.05 Å². The average molecular weight is 228 g/mol. The van der Waals surface area contributed by atoms with E-state index in [2.05, 4.69) is 9.88 Å². The number of hydrogen-bond donors (Lipinski definition) is 3. The molecule has 0 atom stereocenters. The van der Waals surface area contributed by atoms with Gasteiger partial charge in [0.25, 0.3) is 0 Å². The second-order valence-corrected chi connectivity index (χ2v) is 1.08. The van der Waals surface area contributed by atoms with E-state index in [0.29, 0.717) is 0 Å². The first-order valence-electron chi connectivity index (χ1n) is 2.15. The first kappa shape index (κ1) is 19.0. The molecule has 0 spiro atoms. The van der Waals surface area contributed by atoms with Crippen molar-refractivity contribution in [3.8, 4) is 0 Å². The van der Waals surface area contributed by atoms with Gasteiger partial charge in [0.2, 0.25) is 0 Å². The molecule has 0 heterocycles. The Morgan fingerprint density at radius 1 is 1.08 bits per heavy atom. The van der Waals surface area contributed by atoms with E-state index in [1.807, 2.05) is 0 Å². The van der Waals surface area contributed by atoms with Crippen LogP contribution in [-0.2, 0) is 19.5 Å². The Bertz CT molecular complexity index is 142. The molecule has 0 aromatic rings. The summed E-state index contributed by atoms with van der Waals surface area (Å²) in [7, 11) is -2.17. The molecule has 0 aromatic carbocycles. The molecule has 72 valence electrons. The Kier molecular flexibility index (Phi) is 18.1. The zero-order chi connectivity index (χ0) is 10.1. The van der Waals surface area contributed by atoms with Crippen molar-refractivity contribution in [1.29, 1.82) is 0 Å². The van der Waals surface area contributed by atoms with Crippen LogP contribution in [0.4, 0.5) is 9.05 Å². The van der Waals surface area contributed by atoms with Crippen molar-refractivity contribution >= 4 is 19.3 Å². The van der Waals surface area contributed by atoms with Crippen molar-refractivity contribution in [1.82, 2.24) is 0 Å². The van der Waals surface area contributed by atoms with Gasteiger partial charge < -0.3 is 16.5 Å². The SMILES string of the molecule is O=C(OF)C(=O)OF.OB(O)O.[H-].[K+]. The van der Waals surface area contributed by atoms with Crippen molar-refractivity contribution in [2.75, 3.05) is 0 Å². The maximum Gasteiger partial charge on any atom is 1.00 e. The molecule has 0 aliphatic heterocycles. The van der Waals surface area contributed by atoms with Crippen molar-refractivity contribution in [3.05, 3.63) is 0 Å². The maximum atomic E-state index is 10.5. The van der Waals surface area contributed by atoms with Gasteiger partial charge in [-0.15, -0.1) is 0 Å². The fourth-order valence-corrected chi connectivity index (χ4v) is 0.0630. The molecule has 0 amide bonds. The molecule has 0 saturated carbocycles. The third kappa shape index (κ3) is 19.0. The van der Waals surface area contributed by atoms with Crippen LogP contribution in [0.5, 0.6) is 0 Å². The van der Waals surface area contributed by atoms with Crippen molar-refractivity contribution in [3.63, 3.8) is 0 Å². The van der Waals surface area contributed by atoms with Crippen LogP contribution in [0.3, 0.4) is 0 Å². The Hall–Kier alpha value is 0.381. The summed E-state index contributed by atoms with van der Waals surface area (Å²) < 4.78 is 21.0. The summed E-state index contributed by atoms with van der Waals surface area (Å²) in [6, 6.07) is 0. The third-order valence-electron chi connectivity index (χ3n) is 0.307. The summed E-state index contributed by atoms with van der Waals surface area (Å²) in [6.45, 7) is 0. The number of hydrogen-bond acceptors (Lipinski definition) is 7. The largest absolute Gasteiger partial charge is 1.00 e. The molecule has 3 N–H and O–H groups in total. The van der Waals surface area contributed by atoms with E-state index < -0.39 is 19.3 Å². The second-order valence-electron chi connectivity index (χ2n) is 1.08. The predicted molar refractivity (Wildman–Crippen MR) is 27.9 cm³/mol. The van der Waals surface area contributed by atoms with E-state index in [1.54, 1.807) is 0 Å². The van der Waals surface area contributed by atoms with Crippen LogP contribution >= 0.6 is 0 Å².